The Hall–Kier alpha value is -3.02. The number of ether oxygens (including phenoxy) is 1. The topological polar surface area (TPSA) is 74.8 Å². The first-order chi connectivity index (χ1) is 14.0. The summed E-state index contributed by atoms with van der Waals surface area (Å²) in [7, 11) is 3.44. The van der Waals surface area contributed by atoms with Gasteiger partial charge >= 0.3 is 0 Å². The highest BCUT2D eigenvalue weighted by atomic mass is 16.5. The van der Waals surface area contributed by atoms with E-state index < -0.39 is 0 Å². The van der Waals surface area contributed by atoms with Gasteiger partial charge < -0.3 is 20.7 Å². The normalized spacial score (nSPS) is 11.3. The third-order valence-electron chi connectivity index (χ3n) is 4.37. The SMILES string of the molecule is CN=C(NCCc1ccccc1OC)NCc1cccc(NC(=O)CC(C)C)c1. The van der Waals surface area contributed by atoms with Gasteiger partial charge in [-0.2, -0.15) is 0 Å². The maximum Gasteiger partial charge on any atom is 0.224 e. The summed E-state index contributed by atoms with van der Waals surface area (Å²) in [5, 5.41) is 9.58. The lowest BCUT2D eigenvalue weighted by Crippen LogP contribution is -2.37. The third-order valence-corrected chi connectivity index (χ3v) is 4.37. The molecule has 3 N–H and O–H groups in total. The molecule has 0 aliphatic heterocycles. The third kappa shape index (κ3) is 7.86. The summed E-state index contributed by atoms with van der Waals surface area (Å²) >= 11 is 0. The first kappa shape index (κ1) is 22.3. The fraction of sp³-hybridized carbons (Fsp3) is 0.391. The van der Waals surface area contributed by atoms with E-state index in [-0.39, 0.29) is 5.91 Å². The minimum absolute atomic E-state index is 0.0407. The Morgan fingerprint density at radius 2 is 1.90 bits per heavy atom. The molecule has 0 atom stereocenters. The Balaban J connectivity index is 1.83. The fourth-order valence-electron chi connectivity index (χ4n) is 2.97. The largest absolute Gasteiger partial charge is 0.496 e. The van der Waals surface area contributed by atoms with Gasteiger partial charge in [0.25, 0.3) is 0 Å². The number of methoxy groups -OCH3 is 1. The Labute approximate surface area is 173 Å². The van der Waals surface area contributed by atoms with Crippen molar-refractivity contribution in [2.45, 2.75) is 33.2 Å². The summed E-state index contributed by atoms with van der Waals surface area (Å²) in [6.07, 6.45) is 1.35. The maximum absolute atomic E-state index is 12.0. The highest BCUT2D eigenvalue weighted by molar-refractivity contribution is 5.90. The number of benzene rings is 2. The molecular weight excluding hydrogens is 364 g/mol. The zero-order chi connectivity index (χ0) is 21.1. The van der Waals surface area contributed by atoms with E-state index in [2.05, 4.69) is 27.0 Å². The Bertz CT molecular complexity index is 818. The van der Waals surface area contributed by atoms with Crippen LogP contribution in [0.4, 0.5) is 5.69 Å². The van der Waals surface area contributed by atoms with Gasteiger partial charge in [0.1, 0.15) is 5.75 Å². The van der Waals surface area contributed by atoms with Crippen LogP contribution in [0.2, 0.25) is 0 Å². The lowest BCUT2D eigenvalue weighted by atomic mass is 10.1. The number of guanidine groups is 1. The van der Waals surface area contributed by atoms with E-state index in [0.717, 1.165) is 41.5 Å². The molecule has 0 saturated carbocycles. The molecule has 2 rings (SSSR count). The zero-order valence-electron chi connectivity index (χ0n) is 17.8. The number of anilines is 1. The second-order valence-corrected chi connectivity index (χ2v) is 7.26. The molecule has 0 aliphatic rings. The minimum Gasteiger partial charge on any atom is -0.496 e. The molecule has 0 radical (unpaired) electrons. The molecule has 156 valence electrons. The van der Waals surface area contributed by atoms with Gasteiger partial charge in [0.05, 0.1) is 7.11 Å². The van der Waals surface area contributed by atoms with Crippen molar-refractivity contribution in [2.24, 2.45) is 10.9 Å². The highest BCUT2D eigenvalue weighted by Gasteiger charge is 2.06. The molecule has 0 saturated heterocycles. The van der Waals surface area contributed by atoms with E-state index in [1.165, 1.54) is 0 Å². The molecule has 6 heteroatoms. The van der Waals surface area contributed by atoms with Crippen LogP contribution < -0.4 is 20.7 Å². The maximum atomic E-state index is 12.0. The van der Waals surface area contributed by atoms with Gasteiger partial charge in [0.2, 0.25) is 5.91 Å². The quantitative estimate of drug-likeness (QED) is 0.447. The Kier molecular flexibility index (Phi) is 9.02. The summed E-state index contributed by atoms with van der Waals surface area (Å²) < 4.78 is 5.39. The summed E-state index contributed by atoms with van der Waals surface area (Å²) in [5.74, 6) is 2.01. The van der Waals surface area contributed by atoms with Crippen LogP contribution in [0.1, 0.15) is 31.4 Å². The average molecular weight is 397 g/mol. The average Bonchev–Trinajstić information content (AvgIpc) is 2.70. The van der Waals surface area contributed by atoms with Crippen LogP contribution >= 0.6 is 0 Å². The molecular formula is C23H32N4O2. The van der Waals surface area contributed by atoms with Gasteiger partial charge in [0, 0.05) is 32.2 Å². The van der Waals surface area contributed by atoms with Crippen LogP contribution in [0.5, 0.6) is 5.75 Å². The molecule has 2 aromatic carbocycles. The number of carbonyl (C=O) groups is 1. The number of rotatable bonds is 9. The summed E-state index contributed by atoms with van der Waals surface area (Å²) in [6, 6.07) is 15.9. The Morgan fingerprint density at radius 3 is 2.62 bits per heavy atom. The molecule has 0 bridgehead atoms. The molecule has 1 amide bonds. The van der Waals surface area contributed by atoms with Crippen LogP contribution in [0.15, 0.2) is 53.5 Å². The lowest BCUT2D eigenvalue weighted by molar-refractivity contribution is -0.116. The fourth-order valence-corrected chi connectivity index (χ4v) is 2.97. The van der Waals surface area contributed by atoms with E-state index in [1.807, 2.05) is 56.3 Å². The second-order valence-electron chi connectivity index (χ2n) is 7.26. The van der Waals surface area contributed by atoms with Crippen molar-refractivity contribution in [3.05, 3.63) is 59.7 Å². The minimum atomic E-state index is 0.0407. The van der Waals surface area contributed by atoms with Crippen molar-refractivity contribution < 1.29 is 9.53 Å². The smallest absolute Gasteiger partial charge is 0.224 e. The van der Waals surface area contributed by atoms with E-state index in [1.54, 1.807) is 14.2 Å². The molecule has 0 unspecified atom stereocenters. The lowest BCUT2D eigenvalue weighted by Gasteiger charge is -2.14. The first-order valence-electron chi connectivity index (χ1n) is 9.97. The highest BCUT2D eigenvalue weighted by Crippen LogP contribution is 2.17. The molecule has 2 aromatic rings. The van der Waals surface area contributed by atoms with Crippen LogP contribution in [0, 0.1) is 5.92 Å². The predicted molar refractivity (Wildman–Crippen MR) is 119 cm³/mol. The van der Waals surface area contributed by atoms with E-state index >= 15 is 0 Å². The number of carbonyl (C=O) groups excluding carboxylic acids is 1. The van der Waals surface area contributed by atoms with Crippen molar-refractivity contribution in [1.82, 2.24) is 10.6 Å². The van der Waals surface area contributed by atoms with Gasteiger partial charge in [-0.25, -0.2) is 0 Å². The summed E-state index contributed by atoms with van der Waals surface area (Å²) in [4.78, 5) is 16.2. The van der Waals surface area contributed by atoms with Crippen LogP contribution in [0.25, 0.3) is 0 Å². The summed E-state index contributed by atoms with van der Waals surface area (Å²) in [5.41, 5.74) is 3.04. The van der Waals surface area contributed by atoms with Crippen molar-refractivity contribution in [1.29, 1.82) is 0 Å². The van der Waals surface area contributed by atoms with Crippen molar-refractivity contribution >= 4 is 17.6 Å². The number of hydrogen-bond acceptors (Lipinski definition) is 3. The molecule has 0 spiro atoms. The standard InChI is InChI=1S/C23H32N4O2/c1-17(2)14-22(28)27-20-10-7-8-18(15-20)16-26-23(24-3)25-13-12-19-9-5-6-11-21(19)29-4/h5-11,15,17H,12-14,16H2,1-4H3,(H,27,28)(H2,24,25,26). The number of hydrogen-bond donors (Lipinski definition) is 3. The van der Waals surface area contributed by atoms with Crippen LogP contribution in [-0.2, 0) is 17.8 Å². The molecule has 0 heterocycles. The van der Waals surface area contributed by atoms with Crippen LogP contribution in [-0.4, -0.2) is 32.6 Å². The molecule has 6 nitrogen and oxygen atoms in total. The van der Waals surface area contributed by atoms with E-state index in [4.69, 9.17) is 4.74 Å². The van der Waals surface area contributed by atoms with Gasteiger partial charge in [-0.3, -0.25) is 9.79 Å². The number of amides is 1. The summed E-state index contributed by atoms with van der Waals surface area (Å²) in [6.45, 7) is 5.42. The predicted octanol–water partition coefficient (Wildman–Crippen LogP) is 3.59. The molecule has 0 aromatic heterocycles. The van der Waals surface area contributed by atoms with Gasteiger partial charge in [-0.1, -0.05) is 44.2 Å². The van der Waals surface area contributed by atoms with Gasteiger partial charge in [-0.05, 0) is 41.7 Å². The number of nitrogens with one attached hydrogen (secondary N) is 3. The van der Waals surface area contributed by atoms with E-state index in [0.29, 0.717) is 18.9 Å². The molecule has 0 aliphatic carbocycles. The number of nitrogens with zero attached hydrogens (tertiary/aromatic N) is 1. The Morgan fingerprint density at radius 1 is 1.10 bits per heavy atom. The van der Waals surface area contributed by atoms with Gasteiger partial charge in [-0.15, -0.1) is 0 Å². The van der Waals surface area contributed by atoms with Crippen molar-refractivity contribution in [3.8, 4) is 5.75 Å². The van der Waals surface area contributed by atoms with E-state index in [9.17, 15) is 4.79 Å². The van der Waals surface area contributed by atoms with Crippen LogP contribution in [0.3, 0.4) is 0 Å². The molecule has 0 fully saturated rings. The number of aliphatic imine (C=N–C) groups is 1. The molecule has 29 heavy (non-hydrogen) atoms. The van der Waals surface area contributed by atoms with Crippen molar-refractivity contribution in [2.75, 3.05) is 26.0 Å². The first-order valence-corrected chi connectivity index (χ1v) is 9.97. The zero-order valence-corrected chi connectivity index (χ0v) is 17.8. The number of para-hydroxylation sites is 1. The van der Waals surface area contributed by atoms with Gasteiger partial charge in [0.15, 0.2) is 5.96 Å². The van der Waals surface area contributed by atoms with Crippen molar-refractivity contribution in [3.63, 3.8) is 0 Å². The monoisotopic (exact) mass is 396 g/mol. The second kappa shape index (κ2) is 11.7.